The van der Waals surface area contributed by atoms with Crippen LogP contribution >= 0.6 is 0 Å². The van der Waals surface area contributed by atoms with Crippen molar-refractivity contribution in [1.29, 1.82) is 0 Å². The number of aromatic nitrogens is 2. The predicted molar refractivity (Wildman–Crippen MR) is 65.2 cm³/mol. The van der Waals surface area contributed by atoms with Gasteiger partial charge in [0.2, 0.25) is 0 Å². The van der Waals surface area contributed by atoms with Gasteiger partial charge in [-0.15, -0.1) is 0 Å². The molecule has 5 nitrogen and oxygen atoms in total. The maximum Gasteiger partial charge on any atom is 0.290 e. The topological polar surface area (TPSA) is 78.0 Å². The molecule has 5 heteroatoms. The Hall–Kier alpha value is -2.30. The summed E-state index contributed by atoms with van der Waals surface area (Å²) in [5.41, 5.74) is 0.862. The first-order chi connectivity index (χ1) is 8.25. The lowest BCUT2D eigenvalue weighted by atomic mass is 10.1. The number of rotatable bonds is 4. The summed E-state index contributed by atoms with van der Waals surface area (Å²) in [6.07, 6.45) is 3.79. The minimum atomic E-state index is -0.224. The van der Waals surface area contributed by atoms with Gasteiger partial charge in [-0.05, 0) is 24.1 Å². The fourth-order valence-corrected chi connectivity index (χ4v) is 1.47. The zero-order valence-corrected chi connectivity index (χ0v) is 9.18. The normalized spacial score (nSPS) is 10.1. The summed E-state index contributed by atoms with van der Waals surface area (Å²) >= 11 is 0. The van der Waals surface area contributed by atoms with Gasteiger partial charge in [0.05, 0.1) is 0 Å². The van der Waals surface area contributed by atoms with E-state index in [1.807, 2.05) is 12.1 Å². The van der Waals surface area contributed by atoms with E-state index in [2.05, 4.69) is 15.3 Å². The molecule has 0 spiro atoms. The van der Waals surface area contributed by atoms with Crippen LogP contribution in [0.15, 0.2) is 41.5 Å². The van der Waals surface area contributed by atoms with E-state index in [1.54, 1.807) is 12.1 Å². The zero-order valence-electron chi connectivity index (χ0n) is 9.18. The molecule has 0 bridgehead atoms. The molecule has 0 atom stereocenters. The molecule has 0 unspecified atom stereocenters. The highest BCUT2D eigenvalue weighted by atomic mass is 16.3. The highest BCUT2D eigenvalue weighted by Gasteiger charge is 1.98. The van der Waals surface area contributed by atoms with Crippen LogP contribution in [-0.4, -0.2) is 21.6 Å². The molecule has 3 N–H and O–H groups in total. The average molecular weight is 231 g/mol. The lowest BCUT2D eigenvalue weighted by Gasteiger charge is -2.04. The minimum Gasteiger partial charge on any atom is -0.508 e. The third-order valence-electron chi connectivity index (χ3n) is 2.35. The van der Waals surface area contributed by atoms with Crippen LogP contribution in [0.1, 0.15) is 5.56 Å². The highest BCUT2D eigenvalue weighted by Crippen LogP contribution is 2.09. The van der Waals surface area contributed by atoms with Gasteiger partial charge in [-0.3, -0.25) is 4.79 Å². The minimum absolute atomic E-state index is 0.224. The van der Waals surface area contributed by atoms with Crippen molar-refractivity contribution in [3.63, 3.8) is 0 Å². The third kappa shape index (κ3) is 3.07. The fraction of sp³-hybridized carbons (Fsp3) is 0.167. The van der Waals surface area contributed by atoms with Crippen LogP contribution in [0.3, 0.4) is 0 Å². The maximum atomic E-state index is 11.3. The van der Waals surface area contributed by atoms with E-state index >= 15 is 0 Å². The number of nitrogens with one attached hydrogen (secondary N) is 2. The summed E-state index contributed by atoms with van der Waals surface area (Å²) in [6, 6.07) is 6.98. The van der Waals surface area contributed by atoms with Crippen molar-refractivity contribution in [2.75, 3.05) is 11.9 Å². The standard InChI is InChI=1S/C12H13N3O2/c16-10-3-1-9(2-4-10)5-6-13-11-12(17)15-8-7-14-11/h1-4,7-8,16H,5-6H2,(H,13,14)(H,15,17). The van der Waals surface area contributed by atoms with Crippen LogP contribution < -0.4 is 10.9 Å². The van der Waals surface area contributed by atoms with Crippen molar-refractivity contribution in [3.8, 4) is 5.75 Å². The van der Waals surface area contributed by atoms with E-state index in [1.165, 1.54) is 12.4 Å². The molecule has 17 heavy (non-hydrogen) atoms. The smallest absolute Gasteiger partial charge is 0.290 e. The van der Waals surface area contributed by atoms with Crippen molar-refractivity contribution in [1.82, 2.24) is 9.97 Å². The molecule has 0 fully saturated rings. The molecule has 1 heterocycles. The Morgan fingerprint density at radius 3 is 2.76 bits per heavy atom. The van der Waals surface area contributed by atoms with Gasteiger partial charge in [0.15, 0.2) is 5.82 Å². The van der Waals surface area contributed by atoms with Crippen LogP contribution in [0.25, 0.3) is 0 Å². The van der Waals surface area contributed by atoms with Gasteiger partial charge >= 0.3 is 0 Å². The van der Waals surface area contributed by atoms with Crippen LogP contribution in [0.4, 0.5) is 5.82 Å². The Balaban J connectivity index is 1.90. The molecule has 88 valence electrons. The zero-order chi connectivity index (χ0) is 12.1. The van der Waals surface area contributed by atoms with Gasteiger partial charge in [0.1, 0.15) is 5.75 Å². The number of hydrogen-bond acceptors (Lipinski definition) is 4. The van der Waals surface area contributed by atoms with Crippen molar-refractivity contribution < 1.29 is 5.11 Å². The Morgan fingerprint density at radius 1 is 1.29 bits per heavy atom. The Labute approximate surface area is 98.2 Å². The Morgan fingerprint density at radius 2 is 2.06 bits per heavy atom. The number of H-pyrrole nitrogens is 1. The first-order valence-electron chi connectivity index (χ1n) is 5.31. The number of aromatic amines is 1. The molecule has 0 amide bonds. The van der Waals surface area contributed by atoms with Gasteiger partial charge in [0, 0.05) is 18.9 Å². The molecule has 0 aliphatic rings. The summed E-state index contributed by atoms with van der Waals surface area (Å²) in [7, 11) is 0. The second kappa shape index (κ2) is 5.16. The van der Waals surface area contributed by atoms with E-state index in [-0.39, 0.29) is 11.3 Å². The molecule has 1 aromatic heterocycles. The van der Waals surface area contributed by atoms with Crippen molar-refractivity contribution in [3.05, 3.63) is 52.6 Å². The van der Waals surface area contributed by atoms with E-state index in [4.69, 9.17) is 5.11 Å². The van der Waals surface area contributed by atoms with Gasteiger partial charge in [-0.2, -0.15) is 0 Å². The number of phenols is 1. The van der Waals surface area contributed by atoms with Crippen molar-refractivity contribution in [2.24, 2.45) is 0 Å². The molecular formula is C12H13N3O2. The van der Waals surface area contributed by atoms with Gasteiger partial charge in [-0.25, -0.2) is 4.98 Å². The third-order valence-corrected chi connectivity index (χ3v) is 2.35. The van der Waals surface area contributed by atoms with Crippen molar-refractivity contribution >= 4 is 5.82 Å². The van der Waals surface area contributed by atoms with Crippen LogP contribution in [0, 0.1) is 0 Å². The summed E-state index contributed by atoms with van der Waals surface area (Å²) in [5, 5.41) is 12.1. The molecule has 0 saturated heterocycles. The predicted octanol–water partition coefficient (Wildman–Crippen LogP) is 1.13. The monoisotopic (exact) mass is 231 g/mol. The molecule has 0 radical (unpaired) electrons. The molecule has 0 aliphatic heterocycles. The number of nitrogens with zero attached hydrogens (tertiary/aromatic N) is 1. The van der Waals surface area contributed by atoms with E-state index in [9.17, 15) is 4.79 Å². The summed E-state index contributed by atoms with van der Waals surface area (Å²) < 4.78 is 0. The molecule has 2 rings (SSSR count). The Bertz CT molecular complexity index is 534. The summed E-state index contributed by atoms with van der Waals surface area (Å²) in [5.74, 6) is 0.578. The van der Waals surface area contributed by atoms with Crippen molar-refractivity contribution in [2.45, 2.75) is 6.42 Å². The van der Waals surface area contributed by atoms with E-state index in [0.717, 1.165) is 12.0 Å². The summed E-state index contributed by atoms with van der Waals surface area (Å²) in [4.78, 5) is 17.8. The second-order valence-electron chi connectivity index (χ2n) is 3.61. The molecule has 0 aliphatic carbocycles. The second-order valence-corrected chi connectivity index (χ2v) is 3.61. The lowest BCUT2D eigenvalue weighted by molar-refractivity contribution is 0.475. The van der Waals surface area contributed by atoms with Gasteiger partial charge < -0.3 is 15.4 Å². The fourth-order valence-electron chi connectivity index (χ4n) is 1.47. The highest BCUT2D eigenvalue weighted by molar-refractivity contribution is 5.31. The molecule has 1 aromatic carbocycles. The number of anilines is 1. The van der Waals surface area contributed by atoms with Gasteiger partial charge in [0.25, 0.3) is 5.56 Å². The lowest BCUT2D eigenvalue weighted by Crippen LogP contribution is -2.17. The SMILES string of the molecule is O=c1[nH]ccnc1NCCc1ccc(O)cc1. The number of benzene rings is 1. The van der Waals surface area contributed by atoms with Gasteiger partial charge in [-0.1, -0.05) is 12.1 Å². The Kier molecular flexibility index (Phi) is 3.40. The van der Waals surface area contributed by atoms with E-state index < -0.39 is 0 Å². The maximum absolute atomic E-state index is 11.3. The number of phenolic OH excluding ortho intramolecular Hbond substituents is 1. The molecule has 2 aromatic rings. The largest absolute Gasteiger partial charge is 0.508 e. The van der Waals surface area contributed by atoms with Crippen LogP contribution in [0.5, 0.6) is 5.75 Å². The first kappa shape index (κ1) is 11.2. The summed E-state index contributed by atoms with van der Waals surface area (Å²) in [6.45, 7) is 0.616. The van der Waals surface area contributed by atoms with Crippen LogP contribution in [0.2, 0.25) is 0 Å². The molecule has 0 saturated carbocycles. The average Bonchev–Trinajstić information content (AvgIpc) is 2.34. The first-order valence-corrected chi connectivity index (χ1v) is 5.31. The molecular weight excluding hydrogens is 218 g/mol. The quantitative estimate of drug-likeness (QED) is 0.737. The van der Waals surface area contributed by atoms with Crippen LogP contribution in [-0.2, 0) is 6.42 Å². The number of aromatic hydroxyl groups is 1. The number of hydrogen-bond donors (Lipinski definition) is 3. The van der Waals surface area contributed by atoms with E-state index in [0.29, 0.717) is 12.4 Å².